The molecule has 2 aromatic carbocycles. The molecule has 0 unspecified atom stereocenters. The van der Waals surface area contributed by atoms with Crippen LogP contribution in [0.4, 0.5) is 5.69 Å². The van der Waals surface area contributed by atoms with Crippen molar-refractivity contribution in [3.8, 4) is 17.9 Å². The van der Waals surface area contributed by atoms with Crippen molar-refractivity contribution in [2.45, 2.75) is 44.3 Å². The van der Waals surface area contributed by atoms with Gasteiger partial charge in [-0.25, -0.2) is 0 Å². The topological polar surface area (TPSA) is 124 Å². The highest BCUT2D eigenvalue weighted by Gasteiger charge is 2.21. The van der Waals surface area contributed by atoms with Gasteiger partial charge in [-0.1, -0.05) is 6.07 Å². The van der Waals surface area contributed by atoms with Crippen LogP contribution in [0.5, 0.6) is 5.75 Å². The maximum atomic E-state index is 12.9. The number of rotatable bonds is 6. The van der Waals surface area contributed by atoms with E-state index in [2.05, 4.69) is 22.8 Å². The number of anilines is 1. The molecule has 0 aromatic heterocycles. The standard InChI is InChI=1S/C23H25N5O2/c1-30-22-9-3-16(10-17(22)13-25)14-27-23(29)20-11-15(12-24)2-8-21(20)28-19-6-4-18(26)5-7-19/h2-3,8-11,18-19,28H,4-7,14,26H2,1H3,(H,27,29). The van der Waals surface area contributed by atoms with Gasteiger partial charge in [0.1, 0.15) is 11.8 Å². The largest absolute Gasteiger partial charge is 0.495 e. The summed E-state index contributed by atoms with van der Waals surface area (Å²) in [5.74, 6) is 0.212. The molecule has 7 heteroatoms. The predicted molar refractivity (Wildman–Crippen MR) is 114 cm³/mol. The van der Waals surface area contributed by atoms with Crippen LogP contribution in [0.15, 0.2) is 36.4 Å². The molecule has 4 N–H and O–H groups in total. The van der Waals surface area contributed by atoms with Crippen LogP contribution < -0.4 is 21.1 Å². The van der Waals surface area contributed by atoms with Gasteiger partial charge in [0.2, 0.25) is 0 Å². The van der Waals surface area contributed by atoms with E-state index in [1.807, 2.05) is 0 Å². The molecule has 1 aliphatic rings. The third-order valence-corrected chi connectivity index (χ3v) is 5.36. The molecule has 0 saturated heterocycles. The molecule has 0 aliphatic heterocycles. The molecule has 7 nitrogen and oxygen atoms in total. The number of hydrogen-bond acceptors (Lipinski definition) is 6. The van der Waals surface area contributed by atoms with Crippen molar-refractivity contribution in [1.82, 2.24) is 5.32 Å². The van der Waals surface area contributed by atoms with Crippen molar-refractivity contribution in [3.05, 3.63) is 58.7 Å². The Kier molecular flexibility index (Phi) is 6.90. The molecule has 1 saturated carbocycles. The molecule has 0 atom stereocenters. The van der Waals surface area contributed by atoms with E-state index in [-0.39, 0.29) is 24.5 Å². The Hall–Kier alpha value is -3.55. The Morgan fingerprint density at radius 2 is 1.90 bits per heavy atom. The first-order valence-electron chi connectivity index (χ1n) is 9.95. The highest BCUT2D eigenvalue weighted by atomic mass is 16.5. The molecule has 3 rings (SSSR count). The summed E-state index contributed by atoms with van der Waals surface area (Å²) in [6.45, 7) is 0.256. The lowest BCUT2D eigenvalue weighted by Gasteiger charge is -2.28. The minimum absolute atomic E-state index is 0.245. The maximum absolute atomic E-state index is 12.9. The Morgan fingerprint density at radius 1 is 1.13 bits per heavy atom. The summed E-state index contributed by atoms with van der Waals surface area (Å²) in [5, 5.41) is 24.8. The molecule has 0 spiro atoms. The van der Waals surface area contributed by atoms with Crippen LogP contribution in [0.3, 0.4) is 0 Å². The highest BCUT2D eigenvalue weighted by Crippen LogP contribution is 2.25. The minimum Gasteiger partial charge on any atom is -0.495 e. The van der Waals surface area contributed by atoms with Crippen molar-refractivity contribution in [2.24, 2.45) is 5.73 Å². The molecule has 1 aliphatic carbocycles. The van der Waals surface area contributed by atoms with Gasteiger partial charge in [-0.05, 0) is 61.6 Å². The van der Waals surface area contributed by atoms with Gasteiger partial charge in [0.15, 0.2) is 0 Å². The second-order valence-corrected chi connectivity index (χ2v) is 7.46. The smallest absolute Gasteiger partial charge is 0.253 e. The predicted octanol–water partition coefficient (Wildman–Crippen LogP) is 3.05. The zero-order valence-corrected chi connectivity index (χ0v) is 16.9. The Balaban J connectivity index is 1.74. The summed E-state index contributed by atoms with van der Waals surface area (Å²) in [4.78, 5) is 12.9. The lowest BCUT2D eigenvalue weighted by atomic mass is 9.91. The van der Waals surface area contributed by atoms with Crippen LogP contribution in [-0.4, -0.2) is 25.1 Å². The summed E-state index contributed by atoms with van der Waals surface area (Å²) in [5.41, 5.74) is 8.74. The lowest BCUT2D eigenvalue weighted by Crippen LogP contribution is -2.33. The van der Waals surface area contributed by atoms with Crippen LogP contribution >= 0.6 is 0 Å². The van der Waals surface area contributed by atoms with Gasteiger partial charge in [0, 0.05) is 24.3 Å². The quantitative estimate of drug-likeness (QED) is 0.681. The molecule has 1 amide bonds. The molecule has 30 heavy (non-hydrogen) atoms. The molecular formula is C23H25N5O2. The van der Waals surface area contributed by atoms with E-state index in [1.165, 1.54) is 7.11 Å². The summed E-state index contributed by atoms with van der Waals surface area (Å²) >= 11 is 0. The minimum atomic E-state index is -0.281. The van der Waals surface area contributed by atoms with Crippen LogP contribution in [0.2, 0.25) is 0 Å². The van der Waals surface area contributed by atoms with E-state index < -0.39 is 0 Å². The van der Waals surface area contributed by atoms with Crippen molar-refractivity contribution in [3.63, 3.8) is 0 Å². The van der Waals surface area contributed by atoms with Crippen molar-refractivity contribution in [1.29, 1.82) is 10.5 Å². The molecule has 0 heterocycles. The molecular weight excluding hydrogens is 378 g/mol. The average Bonchev–Trinajstić information content (AvgIpc) is 2.78. The first-order chi connectivity index (χ1) is 14.5. The summed E-state index contributed by atoms with van der Waals surface area (Å²) in [6, 6.07) is 15.0. The Morgan fingerprint density at radius 3 is 2.57 bits per heavy atom. The number of carbonyl (C=O) groups excluding carboxylic acids is 1. The van der Waals surface area contributed by atoms with E-state index in [0.29, 0.717) is 28.1 Å². The van der Waals surface area contributed by atoms with Gasteiger partial charge in [-0.3, -0.25) is 4.79 Å². The summed E-state index contributed by atoms with van der Waals surface area (Å²) in [6.07, 6.45) is 3.80. The number of nitrogens with zero attached hydrogens (tertiary/aromatic N) is 2. The van der Waals surface area contributed by atoms with Gasteiger partial charge >= 0.3 is 0 Å². The fourth-order valence-corrected chi connectivity index (χ4v) is 3.64. The van der Waals surface area contributed by atoms with Crippen LogP contribution in [0.25, 0.3) is 0 Å². The number of amides is 1. The number of carbonyl (C=O) groups is 1. The molecule has 2 aromatic rings. The van der Waals surface area contributed by atoms with Gasteiger partial charge in [0.05, 0.1) is 29.9 Å². The maximum Gasteiger partial charge on any atom is 0.253 e. The fraction of sp³-hybridized carbons (Fsp3) is 0.348. The normalized spacial score (nSPS) is 18.0. The van der Waals surface area contributed by atoms with E-state index in [0.717, 1.165) is 31.2 Å². The zero-order chi connectivity index (χ0) is 21.5. The van der Waals surface area contributed by atoms with Crippen LogP contribution in [-0.2, 0) is 6.54 Å². The molecule has 154 valence electrons. The number of methoxy groups -OCH3 is 1. The molecule has 1 fully saturated rings. The van der Waals surface area contributed by atoms with Crippen molar-refractivity contribution in [2.75, 3.05) is 12.4 Å². The average molecular weight is 403 g/mol. The molecule has 0 bridgehead atoms. The van der Waals surface area contributed by atoms with Crippen LogP contribution in [0, 0.1) is 22.7 Å². The third-order valence-electron chi connectivity index (χ3n) is 5.36. The number of nitrogens with one attached hydrogen (secondary N) is 2. The second-order valence-electron chi connectivity index (χ2n) is 7.46. The number of nitrogens with two attached hydrogens (primary N) is 1. The van der Waals surface area contributed by atoms with Crippen molar-refractivity contribution < 1.29 is 9.53 Å². The number of ether oxygens (including phenoxy) is 1. The lowest BCUT2D eigenvalue weighted by molar-refractivity contribution is 0.0951. The van der Waals surface area contributed by atoms with Crippen LogP contribution in [0.1, 0.15) is 52.7 Å². The van der Waals surface area contributed by atoms with Gasteiger partial charge in [-0.2, -0.15) is 10.5 Å². The molecule has 0 radical (unpaired) electrons. The van der Waals surface area contributed by atoms with Gasteiger partial charge in [-0.15, -0.1) is 0 Å². The van der Waals surface area contributed by atoms with Gasteiger partial charge < -0.3 is 21.1 Å². The van der Waals surface area contributed by atoms with Crippen molar-refractivity contribution >= 4 is 11.6 Å². The number of benzene rings is 2. The summed E-state index contributed by atoms with van der Waals surface area (Å²) in [7, 11) is 1.51. The Bertz CT molecular complexity index is 998. The monoisotopic (exact) mass is 403 g/mol. The van der Waals surface area contributed by atoms with E-state index >= 15 is 0 Å². The second kappa shape index (κ2) is 9.78. The highest BCUT2D eigenvalue weighted by molar-refractivity contribution is 6.00. The third kappa shape index (κ3) is 5.08. The number of hydrogen-bond donors (Lipinski definition) is 3. The number of nitriles is 2. The Labute approximate surface area is 176 Å². The fourth-order valence-electron chi connectivity index (χ4n) is 3.64. The van der Waals surface area contributed by atoms with E-state index in [1.54, 1.807) is 36.4 Å². The zero-order valence-electron chi connectivity index (χ0n) is 16.9. The first-order valence-corrected chi connectivity index (χ1v) is 9.95. The SMILES string of the molecule is COc1ccc(CNC(=O)c2cc(C#N)ccc2NC2CCC(N)CC2)cc1C#N. The van der Waals surface area contributed by atoms with E-state index in [4.69, 9.17) is 10.5 Å². The van der Waals surface area contributed by atoms with Gasteiger partial charge in [0.25, 0.3) is 5.91 Å². The first kappa shape index (κ1) is 21.2. The van der Waals surface area contributed by atoms with E-state index in [9.17, 15) is 15.3 Å². The summed E-state index contributed by atoms with van der Waals surface area (Å²) < 4.78 is 5.15.